The third kappa shape index (κ3) is 1.24. The largest absolute Gasteiger partial charge is 0.396 e. The molecule has 0 amide bonds. The Labute approximate surface area is 123 Å². The minimum atomic E-state index is -1.26. The second-order valence-corrected chi connectivity index (χ2v) is 4.97. The number of hydrogen-bond acceptors (Lipinski definition) is 9. The number of anilines is 6. The van der Waals surface area contributed by atoms with Crippen molar-refractivity contribution in [2.45, 2.75) is 0 Å². The Morgan fingerprint density at radius 2 is 0.773 bits per heavy atom. The molecule has 0 saturated heterocycles. The Hall–Kier alpha value is -3.49. The summed E-state index contributed by atoms with van der Waals surface area (Å²) in [5, 5.41) is 0.112. The topological polar surface area (TPSA) is 207 Å². The molecule has 112 valence electrons. The summed E-state index contributed by atoms with van der Waals surface area (Å²) in [7, 11) is 0. The number of carbonyl (C=O) groups is 3. The number of rotatable bonds is 0. The lowest BCUT2D eigenvalue weighted by molar-refractivity contribution is -0.111. The number of carbonyl (C=O) groups excluding carboxylic acids is 3. The van der Waals surface area contributed by atoms with Crippen LogP contribution >= 0.6 is 0 Å². The van der Waals surface area contributed by atoms with Gasteiger partial charge in [0.15, 0.2) is 0 Å². The molecule has 1 aliphatic carbocycles. The predicted octanol–water partition coefficient (Wildman–Crippen LogP) is -0.719. The molecule has 0 fully saturated rings. The van der Waals surface area contributed by atoms with Crippen LogP contribution in [0.2, 0.25) is 0 Å². The van der Waals surface area contributed by atoms with Crippen molar-refractivity contribution in [2.75, 3.05) is 34.4 Å². The minimum absolute atomic E-state index is 0.0167. The average Bonchev–Trinajstić information content (AvgIpc) is 2.48. The van der Waals surface area contributed by atoms with Crippen molar-refractivity contribution in [1.82, 2.24) is 0 Å². The highest BCUT2D eigenvalue weighted by Gasteiger charge is 2.39. The van der Waals surface area contributed by atoms with Gasteiger partial charge in [-0.2, -0.15) is 0 Å². The van der Waals surface area contributed by atoms with Crippen LogP contribution in [0.5, 0.6) is 0 Å². The Morgan fingerprint density at radius 3 is 1.14 bits per heavy atom. The van der Waals surface area contributed by atoms with Crippen molar-refractivity contribution < 1.29 is 14.4 Å². The smallest absolute Gasteiger partial charge is 0.274 e. The lowest BCUT2D eigenvalue weighted by Crippen LogP contribution is -2.32. The van der Waals surface area contributed by atoms with Crippen molar-refractivity contribution in [2.24, 2.45) is 0 Å². The number of ketones is 3. The molecule has 22 heavy (non-hydrogen) atoms. The maximum absolute atomic E-state index is 12.1. The molecule has 3 rings (SSSR count). The van der Waals surface area contributed by atoms with E-state index in [4.69, 9.17) is 34.4 Å². The minimum Gasteiger partial charge on any atom is -0.396 e. The van der Waals surface area contributed by atoms with Crippen LogP contribution < -0.4 is 34.4 Å². The summed E-state index contributed by atoms with van der Waals surface area (Å²) in [6.45, 7) is 0. The first-order valence-corrected chi connectivity index (χ1v) is 6.09. The lowest BCUT2D eigenvalue weighted by Gasteiger charge is -2.23. The fourth-order valence-electron chi connectivity index (χ4n) is 2.69. The zero-order valence-electron chi connectivity index (χ0n) is 11.2. The molecule has 0 aromatic heterocycles. The molecular formula is C13H12N6O3. The molecule has 0 bridgehead atoms. The van der Waals surface area contributed by atoms with Gasteiger partial charge in [0.2, 0.25) is 11.6 Å². The van der Waals surface area contributed by atoms with E-state index in [1.54, 1.807) is 0 Å². The Kier molecular flexibility index (Phi) is 2.32. The highest BCUT2D eigenvalue weighted by Crippen LogP contribution is 2.47. The van der Waals surface area contributed by atoms with Gasteiger partial charge in [-0.1, -0.05) is 0 Å². The van der Waals surface area contributed by atoms with Gasteiger partial charge in [0.25, 0.3) is 5.78 Å². The summed E-state index contributed by atoms with van der Waals surface area (Å²) in [6.07, 6.45) is 0. The SMILES string of the molecule is Nc1c(N)c2c3c(c(N)c(N)c(N)c3c1N)C(=O)C(=O)C2=O. The van der Waals surface area contributed by atoms with Crippen LogP contribution in [0.4, 0.5) is 34.1 Å². The summed E-state index contributed by atoms with van der Waals surface area (Å²) in [5.74, 6) is -3.41. The first kappa shape index (κ1) is 13.5. The van der Waals surface area contributed by atoms with E-state index >= 15 is 0 Å². The molecule has 0 aliphatic heterocycles. The van der Waals surface area contributed by atoms with E-state index in [1.165, 1.54) is 0 Å². The molecule has 0 saturated carbocycles. The van der Waals surface area contributed by atoms with Crippen molar-refractivity contribution in [3.8, 4) is 0 Å². The van der Waals surface area contributed by atoms with Crippen molar-refractivity contribution in [3.63, 3.8) is 0 Å². The average molecular weight is 300 g/mol. The van der Waals surface area contributed by atoms with E-state index in [9.17, 15) is 14.4 Å². The van der Waals surface area contributed by atoms with Crippen LogP contribution in [0.3, 0.4) is 0 Å². The normalized spacial score (nSPS) is 13.9. The third-order valence-electron chi connectivity index (χ3n) is 3.85. The van der Waals surface area contributed by atoms with Crippen LogP contribution in [0.1, 0.15) is 20.7 Å². The van der Waals surface area contributed by atoms with E-state index in [0.717, 1.165) is 0 Å². The van der Waals surface area contributed by atoms with Crippen LogP contribution in [0.15, 0.2) is 0 Å². The standard InChI is InChI=1S/C13H12N6O3/c14-5-2-1-3(7(16)9(5)18)11(20)13(22)12(21)4(1)8(17)10(19)6(2)15/h14-19H2. The van der Waals surface area contributed by atoms with E-state index in [0.29, 0.717) is 0 Å². The van der Waals surface area contributed by atoms with E-state index < -0.39 is 17.3 Å². The molecule has 9 heteroatoms. The first-order chi connectivity index (χ1) is 10.2. The van der Waals surface area contributed by atoms with Gasteiger partial charge in [-0.25, -0.2) is 0 Å². The maximum Gasteiger partial charge on any atom is 0.274 e. The number of hydrogen-bond donors (Lipinski definition) is 6. The summed E-state index contributed by atoms with van der Waals surface area (Å²) >= 11 is 0. The zero-order chi connectivity index (χ0) is 16.5. The van der Waals surface area contributed by atoms with Gasteiger partial charge in [0, 0.05) is 10.8 Å². The second kappa shape index (κ2) is 3.79. The molecule has 1 aliphatic rings. The number of benzene rings is 2. The Balaban J connectivity index is 2.78. The van der Waals surface area contributed by atoms with Crippen LogP contribution in [-0.2, 0) is 4.79 Å². The van der Waals surface area contributed by atoms with E-state index in [-0.39, 0.29) is 56.0 Å². The molecule has 2 aromatic carbocycles. The summed E-state index contributed by atoms with van der Waals surface area (Å²) in [6, 6.07) is 0. The fraction of sp³-hybridized carbons (Fsp3) is 0. The molecule has 0 radical (unpaired) electrons. The van der Waals surface area contributed by atoms with Crippen LogP contribution in [0, 0.1) is 0 Å². The van der Waals surface area contributed by atoms with Gasteiger partial charge in [0.05, 0.1) is 45.3 Å². The molecule has 12 N–H and O–H groups in total. The van der Waals surface area contributed by atoms with Crippen molar-refractivity contribution >= 4 is 62.2 Å². The first-order valence-electron chi connectivity index (χ1n) is 6.09. The molecular weight excluding hydrogens is 288 g/mol. The number of nitrogens with two attached hydrogens (primary N) is 6. The molecule has 0 spiro atoms. The molecule has 0 atom stereocenters. The van der Waals surface area contributed by atoms with Crippen LogP contribution in [-0.4, -0.2) is 17.3 Å². The summed E-state index contributed by atoms with van der Waals surface area (Å²) in [4.78, 5) is 36.2. The molecule has 0 heterocycles. The molecule has 2 aromatic rings. The van der Waals surface area contributed by atoms with Gasteiger partial charge in [-0.3, -0.25) is 14.4 Å². The van der Waals surface area contributed by atoms with Gasteiger partial charge >= 0.3 is 0 Å². The van der Waals surface area contributed by atoms with Crippen molar-refractivity contribution in [3.05, 3.63) is 11.1 Å². The van der Waals surface area contributed by atoms with Gasteiger partial charge < -0.3 is 34.4 Å². The quantitative estimate of drug-likeness (QED) is 0.267. The number of nitrogen functional groups attached to an aromatic ring is 6. The zero-order valence-corrected chi connectivity index (χ0v) is 11.2. The summed E-state index contributed by atoms with van der Waals surface area (Å²) < 4.78 is 0. The van der Waals surface area contributed by atoms with Gasteiger partial charge in [0.1, 0.15) is 0 Å². The van der Waals surface area contributed by atoms with Crippen molar-refractivity contribution in [1.29, 1.82) is 0 Å². The molecule has 0 unspecified atom stereocenters. The van der Waals surface area contributed by atoms with Crippen LogP contribution in [0.25, 0.3) is 10.8 Å². The fourth-order valence-corrected chi connectivity index (χ4v) is 2.69. The number of Topliss-reactive ketones (excluding diaryl/α,β-unsaturated/α-hetero) is 3. The summed E-state index contributed by atoms with van der Waals surface area (Å²) in [5.41, 5.74) is 33.8. The van der Waals surface area contributed by atoms with Gasteiger partial charge in [-0.15, -0.1) is 0 Å². The third-order valence-corrected chi connectivity index (χ3v) is 3.85. The molecule has 9 nitrogen and oxygen atoms in total. The van der Waals surface area contributed by atoms with E-state index in [1.807, 2.05) is 0 Å². The monoisotopic (exact) mass is 300 g/mol. The van der Waals surface area contributed by atoms with Gasteiger partial charge in [-0.05, 0) is 0 Å². The Morgan fingerprint density at radius 1 is 0.409 bits per heavy atom. The highest BCUT2D eigenvalue weighted by atomic mass is 16.2. The lowest BCUT2D eigenvalue weighted by atomic mass is 9.82. The highest BCUT2D eigenvalue weighted by molar-refractivity contribution is 6.75. The predicted molar refractivity (Wildman–Crippen MR) is 84.1 cm³/mol. The maximum atomic E-state index is 12.1. The van der Waals surface area contributed by atoms with E-state index in [2.05, 4.69) is 0 Å². The Bertz CT molecular complexity index is 877. The second-order valence-electron chi connectivity index (χ2n) is 4.97.